The van der Waals surface area contributed by atoms with E-state index in [1.807, 2.05) is 37.4 Å². The molecule has 0 radical (unpaired) electrons. The highest BCUT2D eigenvalue weighted by Gasteiger charge is 2.04. The van der Waals surface area contributed by atoms with E-state index >= 15 is 0 Å². The van der Waals surface area contributed by atoms with E-state index in [2.05, 4.69) is 20.5 Å². The predicted octanol–water partition coefficient (Wildman–Crippen LogP) is 1.82. The summed E-state index contributed by atoms with van der Waals surface area (Å²) in [7, 11) is 0. The van der Waals surface area contributed by atoms with Crippen molar-refractivity contribution in [3.8, 4) is 0 Å². The number of imidazole rings is 1. The molecule has 2 heterocycles. The van der Waals surface area contributed by atoms with Gasteiger partial charge in [0, 0.05) is 35.1 Å². The quantitative estimate of drug-likeness (QED) is 0.565. The number of aromatic nitrogens is 3. The zero-order valence-corrected chi connectivity index (χ0v) is 11.6. The van der Waals surface area contributed by atoms with Crippen LogP contribution in [0.4, 0.5) is 0 Å². The third-order valence-corrected chi connectivity index (χ3v) is 3.25. The van der Waals surface area contributed by atoms with E-state index in [0.29, 0.717) is 0 Å². The van der Waals surface area contributed by atoms with E-state index in [4.69, 9.17) is 0 Å². The summed E-state index contributed by atoms with van der Waals surface area (Å²) in [5.41, 5.74) is 4.50. The summed E-state index contributed by atoms with van der Waals surface area (Å²) in [6.07, 6.45) is 6.92. The van der Waals surface area contributed by atoms with Crippen LogP contribution in [0, 0.1) is 6.92 Å². The number of nitrogens with zero attached hydrogens (tertiary/aromatic N) is 3. The number of hydrazone groups is 1. The van der Waals surface area contributed by atoms with Crippen molar-refractivity contribution in [1.82, 2.24) is 20.0 Å². The van der Waals surface area contributed by atoms with Crippen LogP contribution in [0.1, 0.15) is 11.4 Å². The maximum Gasteiger partial charge on any atom is 0.260 e. The Balaban J connectivity index is 1.64. The largest absolute Gasteiger partial charge is 0.361 e. The zero-order chi connectivity index (χ0) is 14.7. The van der Waals surface area contributed by atoms with Crippen LogP contribution < -0.4 is 5.43 Å². The lowest BCUT2D eigenvalue weighted by molar-refractivity contribution is -0.121. The van der Waals surface area contributed by atoms with Crippen LogP contribution in [0.3, 0.4) is 0 Å². The Morgan fingerprint density at radius 1 is 1.48 bits per heavy atom. The number of carbonyl (C=O) groups excluding carboxylic acids is 1. The number of H-pyrrole nitrogens is 1. The number of carbonyl (C=O) groups is 1. The monoisotopic (exact) mass is 281 g/mol. The molecule has 0 spiro atoms. The molecule has 3 rings (SSSR count). The van der Waals surface area contributed by atoms with Crippen LogP contribution in [0.2, 0.25) is 0 Å². The third-order valence-electron chi connectivity index (χ3n) is 3.25. The fourth-order valence-corrected chi connectivity index (χ4v) is 2.14. The third kappa shape index (κ3) is 2.84. The lowest BCUT2D eigenvalue weighted by Crippen LogP contribution is -2.23. The van der Waals surface area contributed by atoms with Gasteiger partial charge in [-0.2, -0.15) is 5.10 Å². The SMILES string of the molecule is Cc1nccn1CC(=O)N/N=C/c1c[nH]c2ccccc12. The molecule has 0 bridgehead atoms. The van der Waals surface area contributed by atoms with Crippen LogP contribution in [0.5, 0.6) is 0 Å². The van der Waals surface area contributed by atoms with Gasteiger partial charge < -0.3 is 9.55 Å². The molecular formula is C15H15N5O. The Kier molecular flexibility index (Phi) is 3.51. The van der Waals surface area contributed by atoms with E-state index in [1.165, 1.54) is 0 Å². The predicted molar refractivity (Wildman–Crippen MR) is 81.0 cm³/mol. The fraction of sp³-hybridized carbons (Fsp3) is 0.133. The van der Waals surface area contributed by atoms with Gasteiger partial charge in [0.25, 0.3) is 5.91 Å². The van der Waals surface area contributed by atoms with Crippen LogP contribution in [-0.2, 0) is 11.3 Å². The van der Waals surface area contributed by atoms with Gasteiger partial charge in [-0.1, -0.05) is 18.2 Å². The molecule has 0 atom stereocenters. The van der Waals surface area contributed by atoms with Crippen LogP contribution in [0.15, 0.2) is 48.0 Å². The Labute approximate surface area is 121 Å². The number of fused-ring (bicyclic) bond motifs is 1. The summed E-state index contributed by atoms with van der Waals surface area (Å²) in [6, 6.07) is 7.93. The molecule has 0 saturated carbocycles. The molecule has 106 valence electrons. The smallest absolute Gasteiger partial charge is 0.260 e. The molecule has 21 heavy (non-hydrogen) atoms. The number of rotatable bonds is 4. The second-order valence-electron chi connectivity index (χ2n) is 4.69. The number of aromatic amines is 1. The first-order valence-corrected chi connectivity index (χ1v) is 6.60. The van der Waals surface area contributed by atoms with Crippen molar-refractivity contribution in [2.75, 3.05) is 0 Å². The van der Waals surface area contributed by atoms with Gasteiger partial charge in [0.1, 0.15) is 12.4 Å². The van der Waals surface area contributed by atoms with Crippen LogP contribution in [-0.4, -0.2) is 26.7 Å². The molecule has 0 aliphatic rings. The second-order valence-corrected chi connectivity index (χ2v) is 4.69. The number of benzene rings is 1. The second kappa shape index (κ2) is 5.62. The lowest BCUT2D eigenvalue weighted by atomic mass is 10.2. The highest BCUT2D eigenvalue weighted by Crippen LogP contribution is 2.15. The van der Waals surface area contributed by atoms with Gasteiger partial charge in [0.2, 0.25) is 0 Å². The zero-order valence-electron chi connectivity index (χ0n) is 11.6. The minimum Gasteiger partial charge on any atom is -0.361 e. The van der Waals surface area contributed by atoms with Crippen molar-refractivity contribution in [3.63, 3.8) is 0 Å². The molecule has 1 amide bonds. The first-order chi connectivity index (χ1) is 10.2. The van der Waals surface area contributed by atoms with Crippen molar-refractivity contribution in [1.29, 1.82) is 0 Å². The van der Waals surface area contributed by atoms with E-state index in [-0.39, 0.29) is 12.5 Å². The number of amides is 1. The maximum atomic E-state index is 11.8. The van der Waals surface area contributed by atoms with Gasteiger partial charge in [0.05, 0.1) is 6.21 Å². The molecule has 2 aromatic heterocycles. The Hall–Kier alpha value is -2.89. The number of hydrogen-bond donors (Lipinski definition) is 2. The molecule has 0 aliphatic carbocycles. The molecule has 0 saturated heterocycles. The van der Waals surface area contributed by atoms with E-state index in [9.17, 15) is 4.79 Å². The fourth-order valence-electron chi connectivity index (χ4n) is 2.14. The van der Waals surface area contributed by atoms with Gasteiger partial charge in [-0.15, -0.1) is 0 Å². The molecule has 0 unspecified atom stereocenters. The van der Waals surface area contributed by atoms with Gasteiger partial charge >= 0.3 is 0 Å². The number of para-hydroxylation sites is 1. The van der Waals surface area contributed by atoms with Crippen molar-refractivity contribution < 1.29 is 4.79 Å². The molecule has 3 aromatic rings. The number of hydrogen-bond acceptors (Lipinski definition) is 3. The topological polar surface area (TPSA) is 75.1 Å². The van der Waals surface area contributed by atoms with Crippen molar-refractivity contribution in [2.45, 2.75) is 13.5 Å². The summed E-state index contributed by atoms with van der Waals surface area (Å²) in [5, 5.41) is 5.07. The van der Waals surface area contributed by atoms with E-state index in [1.54, 1.807) is 23.2 Å². The highest BCUT2D eigenvalue weighted by atomic mass is 16.2. The molecular weight excluding hydrogens is 266 g/mol. The average molecular weight is 281 g/mol. The van der Waals surface area contributed by atoms with Gasteiger partial charge in [-0.3, -0.25) is 4.79 Å². The van der Waals surface area contributed by atoms with Gasteiger partial charge in [-0.05, 0) is 13.0 Å². The molecule has 0 aliphatic heterocycles. The van der Waals surface area contributed by atoms with E-state index in [0.717, 1.165) is 22.3 Å². The van der Waals surface area contributed by atoms with Gasteiger partial charge in [0.15, 0.2) is 0 Å². The number of nitrogens with one attached hydrogen (secondary N) is 2. The highest BCUT2D eigenvalue weighted by molar-refractivity contribution is 5.99. The van der Waals surface area contributed by atoms with Crippen molar-refractivity contribution >= 4 is 23.0 Å². The summed E-state index contributed by atoms with van der Waals surface area (Å²) in [4.78, 5) is 19.0. The summed E-state index contributed by atoms with van der Waals surface area (Å²) < 4.78 is 1.76. The molecule has 2 N–H and O–H groups in total. The summed E-state index contributed by atoms with van der Waals surface area (Å²) in [6.45, 7) is 2.06. The first kappa shape index (κ1) is 13.1. The number of aryl methyl sites for hydroxylation is 1. The maximum absolute atomic E-state index is 11.8. The Bertz CT molecular complexity index is 799. The molecule has 0 fully saturated rings. The normalized spacial score (nSPS) is 11.3. The average Bonchev–Trinajstić information content (AvgIpc) is 3.07. The standard InChI is InChI=1S/C15H15N5O/c1-11-16-6-7-20(11)10-15(21)19-18-9-12-8-17-14-5-3-2-4-13(12)14/h2-9,17H,10H2,1H3,(H,19,21)/b18-9+. The Morgan fingerprint density at radius 3 is 3.14 bits per heavy atom. The van der Waals surface area contributed by atoms with Crippen LogP contribution >= 0.6 is 0 Å². The summed E-state index contributed by atoms with van der Waals surface area (Å²) in [5.74, 6) is 0.609. The molecule has 6 heteroatoms. The minimum absolute atomic E-state index is 0.188. The van der Waals surface area contributed by atoms with Crippen molar-refractivity contribution in [3.05, 3.63) is 54.2 Å². The van der Waals surface area contributed by atoms with Gasteiger partial charge in [-0.25, -0.2) is 10.4 Å². The minimum atomic E-state index is -0.188. The first-order valence-electron chi connectivity index (χ1n) is 6.60. The summed E-state index contributed by atoms with van der Waals surface area (Å²) >= 11 is 0. The van der Waals surface area contributed by atoms with Crippen molar-refractivity contribution in [2.24, 2.45) is 5.10 Å². The lowest BCUT2D eigenvalue weighted by Gasteiger charge is -2.02. The molecule has 6 nitrogen and oxygen atoms in total. The van der Waals surface area contributed by atoms with Crippen LogP contribution in [0.25, 0.3) is 10.9 Å². The Morgan fingerprint density at radius 2 is 2.33 bits per heavy atom. The molecule has 1 aromatic carbocycles. The van der Waals surface area contributed by atoms with E-state index < -0.39 is 0 Å².